The van der Waals surface area contributed by atoms with Gasteiger partial charge in [-0.25, -0.2) is 0 Å². The Labute approximate surface area is 125 Å². The average molecular weight is 296 g/mol. The number of aliphatic hydroxyl groups excluding tert-OH is 1. The molecule has 118 valence electrons. The number of hydrogen-bond acceptors (Lipinski definition) is 5. The number of rotatable bonds is 9. The van der Waals surface area contributed by atoms with E-state index in [1.165, 1.54) is 0 Å². The maximum Gasteiger partial charge on any atom is 0.333 e. The van der Waals surface area contributed by atoms with Crippen LogP contribution in [0.4, 0.5) is 11.4 Å². The number of nitro groups is 1. The van der Waals surface area contributed by atoms with Gasteiger partial charge in [0.2, 0.25) is 0 Å². The topological polar surface area (TPSA) is 84.6 Å². The van der Waals surface area contributed by atoms with E-state index in [0.717, 1.165) is 12.8 Å². The van der Waals surface area contributed by atoms with Gasteiger partial charge in [0.05, 0.1) is 11.5 Å². The molecule has 0 amide bonds. The Hall–Kier alpha value is -1.82. The molecular weight excluding hydrogens is 272 g/mol. The fourth-order valence-corrected chi connectivity index (χ4v) is 2.04. The van der Waals surface area contributed by atoms with Crippen molar-refractivity contribution in [2.75, 3.05) is 18.5 Å². The molecule has 1 aromatic carbocycles. The number of hydrogen-bond donors (Lipinski definition) is 2. The highest BCUT2D eigenvalue weighted by Crippen LogP contribution is 2.37. The van der Waals surface area contributed by atoms with E-state index in [-0.39, 0.29) is 18.0 Å². The summed E-state index contributed by atoms with van der Waals surface area (Å²) < 4.78 is 5.47. The summed E-state index contributed by atoms with van der Waals surface area (Å²) in [5.74, 6) is 0.273. The zero-order chi connectivity index (χ0) is 15.9. The van der Waals surface area contributed by atoms with Gasteiger partial charge in [0, 0.05) is 12.1 Å². The van der Waals surface area contributed by atoms with E-state index in [1.54, 1.807) is 18.2 Å². The monoisotopic (exact) mass is 296 g/mol. The molecule has 0 heterocycles. The van der Waals surface area contributed by atoms with E-state index in [0.29, 0.717) is 18.7 Å². The summed E-state index contributed by atoms with van der Waals surface area (Å²) in [6.07, 6.45) is 2.04. The molecule has 0 aliphatic rings. The molecule has 6 nitrogen and oxygen atoms in total. The van der Waals surface area contributed by atoms with Gasteiger partial charge in [0.1, 0.15) is 5.69 Å². The molecule has 1 atom stereocenters. The largest absolute Gasteiger partial charge is 0.487 e. The summed E-state index contributed by atoms with van der Waals surface area (Å²) in [6.45, 7) is 6.32. The molecule has 0 saturated heterocycles. The van der Waals surface area contributed by atoms with Gasteiger partial charge in [-0.05, 0) is 38.3 Å². The van der Waals surface area contributed by atoms with Crippen molar-refractivity contribution in [1.29, 1.82) is 0 Å². The van der Waals surface area contributed by atoms with Crippen LogP contribution >= 0.6 is 0 Å². The number of ether oxygens (including phenoxy) is 1. The Morgan fingerprint density at radius 3 is 2.67 bits per heavy atom. The lowest BCUT2D eigenvalue weighted by Gasteiger charge is -2.30. The van der Waals surface area contributed by atoms with E-state index in [2.05, 4.69) is 5.32 Å². The third-order valence-electron chi connectivity index (χ3n) is 3.52. The van der Waals surface area contributed by atoms with E-state index in [4.69, 9.17) is 9.84 Å². The van der Waals surface area contributed by atoms with Crippen molar-refractivity contribution in [3.8, 4) is 5.75 Å². The van der Waals surface area contributed by atoms with Crippen LogP contribution in [-0.4, -0.2) is 28.8 Å². The standard InChI is InChI=1S/C15H24N2O4/c1-4-11-21-13-8-6-7-12(14(13)17(19)20)16-15(3,5-2)9-10-18/h6-8,16,18H,4-5,9-11H2,1-3H3. The first-order valence-corrected chi connectivity index (χ1v) is 7.26. The minimum atomic E-state index is -0.428. The predicted octanol–water partition coefficient (Wildman–Crippen LogP) is 3.35. The van der Waals surface area contributed by atoms with Crippen LogP contribution in [0.25, 0.3) is 0 Å². The number of aliphatic hydroxyl groups is 1. The van der Waals surface area contributed by atoms with Gasteiger partial charge < -0.3 is 15.2 Å². The maximum atomic E-state index is 11.4. The highest BCUT2D eigenvalue weighted by Gasteiger charge is 2.27. The number of anilines is 1. The lowest BCUT2D eigenvalue weighted by Crippen LogP contribution is -2.35. The Balaban J connectivity index is 3.13. The molecule has 1 aromatic rings. The summed E-state index contributed by atoms with van der Waals surface area (Å²) in [4.78, 5) is 10.9. The molecule has 1 unspecified atom stereocenters. The molecule has 0 aromatic heterocycles. The van der Waals surface area contributed by atoms with Gasteiger partial charge in [-0.3, -0.25) is 10.1 Å². The summed E-state index contributed by atoms with van der Waals surface area (Å²) >= 11 is 0. The van der Waals surface area contributed by atoms with Crippen molar-refractivity contribution in [3.63, 3.8) is 0 Å². The van der Waals surface area contributed by atoms with Crippen LogP contribution in [0.1, 0.15) is 40.0 Å². The van der Waals surface area contributed by atoms with Crippen molar-refractivity contribution in [1.82, 2.24) is 0 Å². The third kappa shape index (κ3) is 4.60. The van der Waals surface area contributed by atoms with Crippen molar-refractivity contribution in [2.45, 2.75) is 45.6 Å². The van der Waals surface area contributed by atoms with Gasteiger partial charge in [-0.15, -0.1) is 0 Å². The fraction of sp³-hybridized carbons (Fsp3) is 0.600. The normalized spacial score (nSPS) is 13.5. The third-order valence-corrected chi connectivity index (χ3v) is 3.52. The Kier molecular flexibility index (Phi) is 6.42. The van der Waals surface area contributed by atoms with Crippen LogP contribution in [-0.2, 0) is 0 Å². The average Bonchev–Trinajstić information content (AvgIpc) is 2.45. The Bertz CT molecular complexity index is 479. The fourth-order valence-electron chi connectivity index (χ4n) is 2.04. The molecule has 0 saturated carbocycles. The smallest absolute Gasteiger partial charge is 0.333 e. The molecule has 0 aliphatic carbocycles. The van der Waals surface area contributed by atoms with Crippen molar-refractivity contribution in [2.24, 2.45) is 0 Å². The van der Waals surface area contributed by atoms with E-state index >= 15 is 0 Å². The van der Waals surface area contributed by atoms with Gasteiger partial charge >= 0.3 is 5.69 Å². The minimum Gasteiger partial charge on any atom is -0.487 e. The second-order valence-corrected chi connectivity index (χ2v) is 5.27. The van der Waals surface area contributed by atoms with Crippen LogP contribution < -0.4 is 10.1 Å². The zero-order valence-corrected chi connectivity index (χ0v) is 12.9. The van der Waals surface area contributed by atoms with E-state index in [1.807, 2.05) is 20.8 Å². The predicted molar refractivity (Wildman–Crippen MR) is 82.9 cm³/mol. The van der Waals surface area contributed by atoms with Crippen molar-refractivity contribution >= 4 is 11.4 Å². The molecule has 0 spiro atoms. The summed E-state index contributed by atoms with van der Waals surface area (Å²) in [5, 5.41) is 23.7. The van der Waals surface area contributed by atoms with Crippen LogP contribution in [0.2, 0.25) is 0 Å². The van der Waals surface area contributed by atoms with Crippen molar-refractivity contribution in [3.05, 3.63) is 28.3 Å². The lowest BCUT2D eigenvalue weighted by molar-refractivity contribution is -0.385. The first kappa shape index (κ1) is 17.2. The van der Waals surface area contributed by atoms with Crippen LogP contribution in [0.3, 0.4) is 0 Å². The zero-order valence-electron chi connectivity index (χ0n) is 12.9. The lowest BCUT2D eigenvalue weighted by atomic mass is 9.94. The molecule has 0 radical (unpaired) electrons. The van der Waals surface area contributed by atoms with Crippen molar-refractivity contribution < 1.29 is 14.8 Å². The number of para-hydroxylation sites is 1. The number of nitro benzene ring substituents is 1. The number of nitrogens with zero attached hydrogens (tertiary/aromatic N) is 1. The van der Waals surface area contributed by atoms with Crippen LogP contribution in [0.15, 0.2) is 18.2 Å². The highest BCUT2D eigenvalue weighted by atomic mass is 16.6. The molecule has 6 heteroatoms. The molecular formula is C15H24N2O4. The molecule has 0 fully saturated rings. The molecule has 2 N–H and O–H groups in total. The quantitative estimate of drug-likeness (QED) is 0.539. The van der Waals surface area contributed by atoms with Crippen LogP contribution in [0.5, 0.6) is 5.75 Å². The maximum absolute atomic E-state index is 11.4. The number of nitrogens with one attached hydrogen (secondary N) is 1. The highest BCUT2D eigenvalue weighted by molar-refractivity contribution is 5.69. The Morgan fingerprint density at radius 1 is 1.43 bits per heavy atom. The first-order chi connectivity index (χ1) is 9.97. The molecule has 21 heavy (non-hydrogen) atoms. The van der Waals surface area contributed by atoms with Gasteiger partial charge in [-0.1, -0.05) is 19.9 Å². The molecule has 1 rings (SSSR count). The SMILES string of the molecule is CCCOc1cccc(NC(C)(CC)CCO)c1[N+](=O)[O-]. The summed E-state index contributed by atoms with van der Waals surface area (Å²) in [6, 6.07) is 5.01. The van der Waals surface area contributed by atoms with E-state index < -0.39 is 10.5 Å². The number of benzene rings is 1. The minimum absolute atomic E-state index is 0.0250. The summed E-state index contributed by atoms with van der Waals surface area (Å²) in [5.41, 5.74) is -0.0296. The van der Waals surface area contributed by atoms with Gasteiger partial charge in [-0.2, -0.15) is 0 Å². The molecule has 0 aliphatic heterocycles. The van der Waals surface area contributed by atoms with Gasteiger partial charge in [0.25, 0.3) is 0 Å². The Morgan fingerprint density at radius 2 is 2.14 bits per heavy atom. The second kappa shape index (κ2) is 7.83. The van der Waals surface area contributed by atoms with Crippen LogP contribution in [0, 0.1) is 10.1 Å². The first-order valence-electron chi connectivity index (χ1n) is 7.26. The molecule has 0 bridgehead atoms. The summed E-state index contributed by atoms with van der Waals surface area (Å²) in [7, 11) is 0. The second-order valence-electron chi connectivity index (χ2n) is 5.27. The van der Waals surface area contributed by atoms with E-state index in [9.17, 15) is 10.1 Å². The van der Waals surface area contributed by atoms with Gasteiger partial charge in [0.15, 0.2) is 5.75 Å².